The number of hydrogen-bond donors (Lipinski definition) is 2. The van der Waals surface area contributed by atoms with Crippen molar-refractivity contribution in [2.24, 2.45) is 17.1 Å². The Morgan fingerprint density at radius 2 is 2.00 bits per heavy atom. The van der Waals surface area contributed by atoms with Crippen molar-refractivity contribution in [3.05, 3.63) is 51.9 Å². The lowest BCUT2D eigenvalue weighted by Crippen LogP contribution is -2.45. The van der Waals surface area contributed by atoms with Crippen LogP contribution < -0.4 is 16.2 Å². The third-order valence-electron chi connectivity index (χ3n) is 6.58. The lowest BCUT2D eigenvalue weighted by Gasteiger charge is -2.42. The summed E-state index contributed by atoms with van der Waals surface area (Å²) in [6.45, 7) is 1.78. The monoisotopic (exact) mass is 398 g/mol. The Balaban J connectivity index is 0.00000192. The van der Waals surface area contributed by atoms with Gasteiger partial charge in [-0.2, -0.15) is 0 Å². The van der Waals surface area contributed by atoms with Crippen LogP contribution >= 0.6 is 11.8 Å². The van der Waals surface area contributed by atoms with E-state index in [9.17, 15) is 4.79 Å². The zero-order valence-electron chi connectivity index (χ0n) is 15.5. The minimum atomic E-state index is -0.00379. The molecule has 1 aliphatic heterocycles. The topological polar surface area (TPSA) is 75.0 Å². The van der Waals surface area contributed by atoms with Gasteiger partial charge in [-0.15, -0.1) is 11.8 Å². The normalized spacial score (nSPS) is 22.8. The summed E-state index contributed by atoms with van der Waals surface area (Å²) in [5.74, 6) is 2.54. The van der Waals surface area contributed by atoms with Gasteiger partial charge < -0.3 is 10.6 Å². The molecule has 6 heteroatoms. The van der Waals surface area contributed by atoms with Gasteiger partial charge in [0.05, 0.1) is 4.90 Å². The molecule has 1 spiro atoms. The number of rotatable bonds is 4. The molecule has 5 nitrogen and oxygen atoms in total. The Hall–Kier alpha value is -1.79. The second-order valence-electron chi connectivity index (χ2n) is 8.36. The molecule has 2 heterocycles. The first-order valence-corrected chi connectivity index (χ1v) is 10.9. The van der Waals surface area contributed by atoms with Gasteiger partial charge in [0.1, 0.15) is 0 Å². The summed E-state index contributed by atoms with van der Waals surface area (Å²) in [6.07, 6.45) is 7.49. The van der Waals surface area contributed by atoms with Crippen molar-refractivity contribution < 1.29 is 0 Å². The van der Waals surface area contributed by atoms with Crippen LogP contribution in [0.15, 0.2) is 40.2 Å². The molecule has 2 aliphatic carbocycles. The molecule has 0 radical (unpaired) electrons. The molecule has 150 valence electrons. The second kappa shape index (κ2) is 7.56. The van der Waals surface area contributed by atoms with E-state index in [2.05, 4.69) is 39.1 Å². The number of piperidine rings is 1. The van der Waals surface area contributed by atoms with Crippen molar-refractivity contribution >= 4 is 17.7 Å². The largest absolute Gasteiger partial charge is 0.342 e. The summed E-state index contributed by atoms with van der Waals surface area (Å²) < 4.78 is 0. The average Bonchev–Trinajstić information content (AvgIpc) is 3.48. The molecule has 2 fully saturated rings. The van der Waals surface area contributed by atoms with E-state index >= 15 is 0 Å². The van der Waals surface area contributed by atoms with Gasteiger partial charge in [0.2, 0.25) is 5.95 Å². The molecule has 5 rings (SSSR count). The number of aromatic amines is 1. The lowest BCUT2D eigenvalue weighted by atomic mass is 9.73. The zero-order chi connectivity index (χ0) is 18.4. The first-order chi connectivity index (χ1) is 13.1. The third kappa shape index (κ3) is 3.48. The molecule has 1 aromatic heterocycles. The van der Waals surface area contributed by atoms with Gasteiger partial charge in [-0.1, -0.05) is 31.7 Å². The van der Waals surface area contributed by atoms with Crippen molar-refractivity contribution in [3.63, 3.8) is 0 Å². The van der Waals surface area contributed by atoms with E-state index in [4.69, 9.17) is 5.73 Å². The molecule has 1 atom stereocenters. The van der Waals surface area contributed by atoms with Gasteiger partial charge >= 0.3 is 0 Å². The fourth-order valence-electron chi connectivity index (χ4n) is 4.60. The Kier molecular flexibility index (Phi) is 5.27. The Bertz CT molecular complexity index is 899. The van der Waals surface area contributed by atoms with E-state index in [1.807, 2.05) is 0 Å². The number of anilines is 1. The summed E-state index contributed by atoms with van der Waals surface area (Å²) in [5, 5.41) is 0. The van der Waals surface area contributed by atoms with E-state index in [-0.39, 0.29) is 24.4 Å². The summed E-state index contributed by atoms with van der Waals surface area (Å²) in [5.41, 5.74) is 9.52. The maximum absolute atomic E-state index is 12.4. The number of benzene rings is 1. The summed E-state index contributed by atoms with van der Waals surface area (Å²) in [7, 11) is 0. The van der Waals surface area contributed by atoms with Crippen molar-refractivity contribution in [1.29, 1.82) is 0 Å². The molecule has 28 heavy (non-hydrogen) atoms. The molecular weight excluding hydrogens is 368 g/mol. The highest BCUT2D eigenvalue weighted by Crippen LogP contribution is 2.50. The second-order valence-corrected chi connectivity index (χ2v) is 9.42. The molecular formula is C22H30N4OS. The van der Waals surface area contributed by atoms with E-state index < -0.39 is 0 Å². The standard InChI is InChI=1S/C21H26N4OS.CH4/c22-18-16-4-2-1-3-15(16)11-21(18)7-9-25(10-8-21)20-23-12-17(19(26)24-20)27-13-14-5-6-14;/h1-4,12,14,18H,5-11,13,22H2,(H,23,24,26);1H4/t18-;/m1./s1. The highest BCUT2D eigenvalue weighted by molar-refractivity contribution is 7.99. The molecule has 1 saturated carbocycles. The molecule has 0 bridgehead atoms. The first-order valence-electron chi connectivity index (χ1n) is 9.95. The van der Waals surface area contributed by atoms with Gasteiger partial charge in [0.25, 0.3) is 5.56 Å². The molecule has 3 N–H and O–H groups in total. The van der Waals surface area contributed by atoms with Crippen LogP contribution in [0.2, 0.25) is 0 Å². The van der Waals surface area contributed by atoms with Gasteiger partial charge in [-0.05, 0) is 54.6 Å². The van der Waals surface area contributed by atoms with Crippen LogP contribution in [0, 0.1) is 11.3 Å². The number of hydrogen-bond acceptors (Lipinski definition) is 5. The number of H-pyrrole nitrogens is 1. The van der Waals surface area contributed by atoms with Crippen molar-refractivity contribution in [3.8, 4) is 0 Å². The molecule has 0 amide bonds. The fourth-order valence-corrected chi connectivity index (χ4v) is 5.66. The van der Waals surface area contributed by atoms with Crippen LogP contribution in [0.3, 0.4) is 0 Å². The molecule has 0 unspecified atom stereocenters. The maximum Gasteiger partial charge on any atom is 0.265 e. The third-order valence-corrected chi connectivity index (χ3v) is 7.82. The van der Waals surface area contributed by atoms with Crippen molar-refractivity contribution in [2.75, 3.05) is 23.7 Å². The number of fused-ring (bicyclic) bond motifs is 1. The quantitative estimate of drug-likeness (QED) is 0.767. The number of nitrogens with zero attached hydrogens (tertiary/aromatic N) is 2. The smallest absolute Gasteiger partial charge is 0.265 e. The number of thioether (sulfide) groups is 1. The zero-order valence-corrected chi connectivity index (χ0v) is 16.3. The van der Waals surface area contributed by atoms with E-state index in [1.165, 1.54) is 24.0 Å². The van der Waals surface area contributed by atoms with E-state index in [0.29, 0.717) is 5.95 Å². The van der Waals surface area contributed by atoms with Crippen LogP contribution in [0.4, 0.5) is 5.95 Å². The maximum atomic E-state index is 12.4. The van der Waals surface area contributed by atoms with Crippen molar-refractivity contribution in [1.82, 2.24) is 9.97 Å². The summed E-state index contributed by atoms with van der Waals surface area (Å²) in [6, 6.07) is 8.71. The van der Waals surface area contributed by atoms with Gasteiger partial charge in [-0.3, -0.25) is 9.78 Å². The number of nitrogens with one attached hydrogen (secondary N) is 1. The minimum absolute atomic E-state index is 0. The fraction of sp³-hybridized carbons (Fsp3) is 0.545. The van der Waals surface area contributed by atoms with E-state index in [0.717, 1.165) is 48.9 Å². The lowest BCUT2D eigenvalue weighted by molar-refractivity contribution is 0.187. The Morgan fingerprint density at radius 3 is 2.68 bits per heavy atom. The van der Waals surface area contributed by atoms with E-state index in [1.54, 1.807) is 18.0 Å². The predicted molar refractivity (Wildman–Crippen MR) is 116 cm³/mol. The van der Waals surface area contributed by atoms with Crippen LogP contribution in [0.25, 0.3) is 0 Å². The van der Waals surface area contributed by atoms with Gasteiger partial charge in [-0.25, -0.2) is 4.98 Å². The number of aromatic nitrogens is 2. The SMILES string of the molecule is C.N[C@@H]1c2ccccc2CC12CCN(c1ncc(SCC3CC3)c(=O)[nH]1)CC2. The van der Waals surface area contributed by atoms with Crippen LogP contribution in [-0.2, 0) is 6.42 Å². The average molecular weight is 399 g/mol. The molecule has 1 aromatic carbocycles. The number of nitrogens with two attached hydrogens (primary N) is 1. The Labute approximate surface area is 171 Å². The highest BCUT2D eigenvalue weighted by atomic mass is 32.2. The van der Waals surface area contributed by atoms with Gasteiger partial charge in [0, 0.05) is 31.1 Å². The summed E-state index contributed by atoms with van der Waals surface area (Å²) in [4.78, 5) is 22.9. The van der Waals surface area contributed by atoms with Gasteiger partial charge in [0.15, 0.2) is 0 Å². The molecule has 1 saturated heterocycles. The first kappa shape index (κ1) is 19.5. The predicted octanol–water partition coefficient (Wildman–Crippen LogP) is 3.75. The molecule has 2 aromatic rings. The van der Waals surface area contributed by atoms with Crippen LogP contribution in [0.1, 0.15) is 50.3 Å². The highest BCUT2D eigenvalue weighted by Gasteiger charge is 2.45. The molecule has 3 aliphatic rings. The summed E-state index contributed by atoms with van der Waals surface area (Å²) >= 11 is 1.64. The Morgan fingerprint density at radius 1 is 1.25 bits per heavy atom. The van der Waals surface area contributed by atoms with Crippen LogP contribution in [0.5, 0.6) is 0 Å². The minimum Gasteiger partial charge on any atom is -0.342 e. The van der Waals surface area contributed by atoms with Crippen LogP contribution in [-0.4, -0.2) is 28.8 Å². The van der Waals surface area contributed by atoms with Crippen molar-refractivity contribution in [2.45, 2.75) is 50.5 Å².